The van der Waals surface area contributed by atoms with Crippen molar-refractivity contribution >= 4 is 35.5 Å². The third-order valence-electron chi connectivity index (χ3n) is 6.26. The maximum Gasteiger partial charge on any atom is 0.339 e. The monoisotopic (exact) mass is 417 g/mol. The normalized spacial score (nSPS) is 25.9. The van der Waals surface area contributed by atoms with Crippen molar-refractivity contribution in [3.63, 3.8) is 0 Å². The number of hydrogen-bond donors (Lipinski definition) is 0. The summed E-state index contributed by atoms with van der Waals surface area (Å²) in [5.41, 5.74) is 1.98. The van der Waals surface area contributed by atoms with Gasteiger partial charge in [-0.1, -0.05) is 36.4 Å². The summed E-state index contributed by atoms with van der Waals surface area (Å²) in [5.74, 6) is -3.51. The number of nitrogens with zero attached hydrogens (tertiary/aromatic N) is 3. The van der Waals surface area contributed by atoms with E-state index in [-0.39, 0.29) is 17.0 Å². The molecule has 0 spiro atoms. The number of fused-ring (bicyclic) bond motifs is 5. The molecule has 3 aliphatic rings. The molecule has 0 saturated carbocycles. The van der Waals surface area contributed by atoms with Gasteiger partial charge in [0.15, 0.2) is 5.78 Å². The molecule has 0 N–H and O–H groups in total. The average molecular weight is 417 g/mol. The van der Waals surface area contributed by atoms with E-state index in [2.05, 4.69) is 5.10 Å². The molecule has 4 atom stereocenters. The maximum absolute atomic E-state index is 13.7. The number of hydrogen-bond acceptors (Lipinski definition) is 7. The Kier molecular flexibility index (Phi) is 4.25. The number of ether oxygens (including phenoxy) is 1. The van der Waals surface area contributed by atoms with E-state index in [0.717, 1.165) is 16.0 Å². The summed E-state index contributed by atoms with van der Waals surface area (Å²) in [4.78, 5) is 53.1. The van der Waals surface area contributed by atoms with Crippen molar-refractivity contribution in [2.45, 2.75) is 19.0 Å². The highest BCUT2D eigenvalue weighted by Crippen LogP contribution is 2.52. The van der Waals surface area contributed by atoms with Crippen molar-refractivity contribution < 1.29 is 23.9 Å². The smallest absolute Gasteiger partial charge is 0.339 e. The summed E-state index contributed by atoms with van der Waals surface area (Å²) in [7, 11) is 1.24. The number of hydrazone groups is 1. The Morgan fingerprint density at radius 1 is 0.968 bits per heavy atom. The van der Waals surface area contributed by atoms with Gasteiger partial charge in [0.25, 0.3) is 0 Å². The molecule has 2 aromatic carbocycles. The number of anilines is 1. The van der Waals surface area contributed by atoms with Gasteiger partial charge in [-0.15, -0.1) is 0 Å². The van der Waals surface area contributed by atoms with Crippen LogP contribution in [0.4, 0.5) is 5.69 Å². The van der Waals surface area contributed by atoms with Crippen LogP contribution in [0, 0.1) is 11.8 Å². The van der Waals surface area contributed by atoms with E-state index in [1.165, 1.54) is 26.2 Å². The van der Waals surface area contributed by atoms with E-state index in [0.29, 0.717) is 0 Å². The molecule has 2 aromatic rings. The van der Waals surface area contributed by atoms with Gasteiger partial charge in [-0.2, -0.15) is 5.10 Å². The third kappa shape index (κ3) is 2.57. The van der Waals surface area contributed by atoms with Gasteiger partial charge < -0.3 is 4.74 Å². The largest absolute Gasteiger partial charge is 0.465 e. The highest BCUT2D eigenvalue weighted by Gasteiger charge is 2.65. The van der Waals surface area contributed by atoms with Crippen molar-refractivity contribution in [1.82, 2.24) is 5.01 Å². The van der Waals surface area contributed by atoms with E-state index in [1.807, 2.05) is 24.3 Å². The second-order valence-corrected chi connectivity index (χ2v) is 7.83. The van der Waals surface area contributed by atoms with Crippen molar-refractivity contribution in [3.8, 4) is 0 Å². The van der Waals surface area contributed by atoms with Gasteiger partial charge in [0, 0.05) is 0 Å². The number of Topliss-reactive ketones (excluding diaryl/α,β-unsaturated/α-hetero) is 1. The molecule has 0 unspecified atom stereocenters. The summed E-state index contributed by atoms with van der Waals surface area (Å²) >= 11 is 0. The molecular weight excluding hydrogens is 398 g/mol. The van der Waals surface area contributed by atoms with Crippen LogP contribution >= 0.6 is 0 Å². The number of carbonyl (C=O) groups is 4. The Morgan fingerprint density at radius 3 is 2.39 bits per heavy atom. The molecule has 2 fully saturated rings. The summed E-state index contributed by atoms with van der Waals surface area (Å²) in [6.07, 6.45) is 1.65. The van der Waals surface area contributed by atoms with Gasteiger partial charge in [0.1, 0.15) is 6.04 Å². The number of para-hydroxylation sites is 1. The second kappa shape index (κ2) is 6.87. The molecule has 0 aliphatic carbocycles. The number of amides is 2. The van der Waals surface area contributed by atoms with Crippen molar-refractivity contribution in [2.24, 2.45) is 16.9 Å². The van der Waals surface area contributed by atoms with Crippen molar-refractivity contribution in [3.05, 3.63) is 65.2 Å². The van der Waals surface area contributed by atoms with Crippen LogP contribution in [-0.4, -0.2) is 47.9 Å². The zero-order chi connectivity index (χ0) is 21.9. The van der Waals surface area contributed by atoms with E-state index in [9.17, 15) is 19.2 Å². The van der Waals surface area contributed by atoms with Crippen molar-refractivity contribution in [1.29, 1.82) is 0 Å². The Hall–Kier alpha value is -3.81. The molecule has 0 bridgehead atoms. The van der Waals surface area contributed by atoms with Crippen LogP contribution in [0.25, 0.3) is 0 Å². The van der Waals surface area contributed by atoms with E-state index in [1.54, 1.807) is 23.4 Å². The minimum absolute atomic E-state index is 0.116. The second-order valence-electron chi connectivity index (χ2n) is 7.83. The Bertz CT molecular complexity index is 1170. The van der Waals surface area contributed by atoms with Gasteiger partial charge in [-0.25, -0.2) is 9.69 Å². The van der Waals surface area contributed by atoms with Crippen LogP contribution in [0.15, 0.2) is 53.6 Å². The number of methoxy groups -OCH3 is 1. The molecule has 3 heterocycles. The number of esters is 1. The molecule has 5 rings (SSSR count). The molecule has 8 heteroatoms. The molecule has 2 amide bonds. The fourth-order valence-corrected chi connectivity index (χ4v) is 5.01. The van der Waals surface area contributed by atoms with E-state index >= 15 is 0 Å². The zero-order valence-corrected chi connectivity index (χ0v) is 16.9. The lowest BCUT2D eigenvalue weighted by molar-refractivity contribution is -0.129. The molecular formula is C23H19N3O5. The zero-order valence-electron chi connectivity index (χ0n) is 16.9. The molecule has 8 nitrogen and oxygen atoms in total. The molecule has 156 valence electrons. The Labute approximate surface area is 178 Å². The van der Waals surface area contributed by atoms with Gasteiger partial charge in [0.05, 0.1) is 42.5 Å². The van der Waals surface area contributed by atoms with E-state index in [4.69, 9.17) is 4.74 Å². The molecule has 0 aromatic heterocycles. The van der Waals surface area contributed by atoms with Crippen LogP contribution in [0.3, 0.4) is 0 Å². The lowest BCUT2D eigenvalue weighted by Crippen LogP contribution is -2.44. The summed E-state index contributed by atoms with van der Waals surface area (Å²) < 4.78 is 4.82. The first-order chi connectivity index (χ1) is 15.0. The van der Waals surface area contributed by atoms with Crippen LogP contribution in [0.2, 0.25) is 0 Å². The van der Waals surface area contributed by atoms with Crippen molar-refractivity contribution in [2.75, 3.05) is 12.0 Å². The highest BCUT2D eigenvalue weighted by atomic mass is 16.5. The third-order valence-corrected chi connectivity index (χ3v) is 6.26. The van der Waals surface area contributed by atoms with Gasteiger partial charge >= 0.3 is 5.97 Å². The van der Waals surface area contributed by atoms with Crippen LogP contribution in [0.1, 0.15) is 34.5 Å². The number of rotatable bonds is 3. The molecule has 0 radical (unpaired) electrons. The first-order valence-corrected chi connectivity index (χ1v) is 9.92. The fourth-order valence-electron chi connectivity index (χ4n) is 5.01. The predicted octanol–water partition coefficient (Wildman–Crippen LogP) is 1.94. The standard InChI is InChI=1S/C23H19N3O5/c1-12(27)19-17-18(20-14-8-4-3-7-13(14)11-24-26(19)20)22(29)25(21(17)28)16-10-6-5-9-15(16)23(30)31-2/h3-11,17-20H,1-2H3/t17-,18+,19-,20+/m1/s1. The number of ketones is 1. The highest BCUT2D eigenvalue weighted by molar-refractivity contribution is 6.25. The summed E-state index contributed by atoms with van der Waals surface area (Å²) in [6.45, 7) is 1.41. The van der Waals surface area contributed by atoms with Crippen LogP contribution < -0.4 is 4.90 Å². The SMILES string of the molecule is COC(=O)c1ccccc1N1C(=O)[C@@H]2[C@H](C1=O)[C@@H]1c3ccccc3C=NN1[C@@H]2C(C)=O. The molecule has 2 saturated heterocycles. The first kappa shape index (κ1) is 19.2. The Balaban J connectivity index is 1.66. The number of carbonyl (C=O) groups excluding carboxylic acids is 4. The minimum atomic E-state index is -0.885. The maximum atomic E-state index is 13.7. The summed E-state index contributed by atoms with van der Waals surface area (Å²) in [6, 6.07) is 12.4. The fraction of sp³-hybridized carbons (Fsp3) is 0.261. The quantitative estimate of drug-likeness (QED) is 0.559. The van der Waals surface area contributed by atoms with E-state index < -0.39 is 41.7 Å². The predicted molar refractivity (Wildman–Crippen MR) is 110 cm³/mol. The van der Waals surface area contributed by atoms with Gasteiger partial charge in [0.2, 0.25) is 11.8 Å². The van der Waals surface area contributed by atoms with Crippen LogP contribution in [-0.2, 0) is 19.1 Å². The topological polar surface area (TPSA) is 96.3 Å². The lowest BCUT2D eigenvalue weighted by Gasteiger charge is -2.33. The molecule has 3 aliphatic heterocycles. The number of imide groups is 1. The van der Waals surface area contributed by atoms with Gasteiger partial charge in [-0.05, 0) is 30.2 Å². The first-order valence-electron chi connectivity index (χ1n) is 9.92. The lowest BCUT2D eigenvalue weighted by atomic mass is 9.84. The average Bonchev–Trinajstić information content (AvgIpc) is 3.26. The Morgan fingerprint density at radius 2 is 1.65 bits per heavy atom. The number of benzene rings is 2. The van der Waals surface area contributed by atoms with Crippen LogP contribution in [0.5, 0.6) is 0 Å². The minimum Gasteiger partial charge on any atom is -0.465 e. The van der Waals surface area contributed by atoms with Gasteiger partial charge in [-0.3, -0.25) is 19.4 Å². The summed E-state index contributed by atoms with van der Waals surface area (Å²) in [5, 5.41) is 6.03. The molecule has 31 heavy (non-hydrogen) atoms.